The normalized spacial score (nSPS) is 16.7. The van der Waals surface area contributed by atoms with E-state index in [0.29, 0.717) is 28.8 Å². The number of aliphatic hydroxyl groups excluding tert-OH is 1. The van der Waals surface area contributed by atoms with Crippen molar-refractivity contribution < 1.29 is 44.1 Å². The van der Waals surface area contributed by atoms with Crippen molar-refractivity contribution in [1.29, 1.82) is 0 Å². The number of nitrogens with two attached hydrogens (primary N) is 1. The van der Waals surface area contributed by atoms with E-state index in [1.54, 1.807) is 79.0 Å². The number of amides is 5. The van der Waals surface area contributed by atoms with Gasteiger partial charge in [0.15, 0.2) is 0 Å². The maximum absolute atomic E-state index is 14.5. The second kappa shape index (κ2) is 20.7. The van der Waals surface area contributed by atoms with Gasteiger partial charge in [-0.2, -0.15) is 0 Å². The molecule has 5 amide bonds. The highest BCUT2D eigenvalue weighted by atomic mass is 16.4. The second-order valence-corrected chi connectivity index (χ2v) is 14.6. The molecular formula is C42H50N8O9. The summed E-state index contributed by atoms with van der Waals surface area (Å²) in [7, 11) is 0. The third-order valence-electron chi connectivity index (χ3n) is 10.1. The number of benzene rings is 3. The van der Waals surface area contributed by atoms with Crippen LogP contribution in [0, 0.1) is 0 Å². The summed E-state index contributed by atoms with van der Waals surface area (Å²) in [6.45, 7) is 1.49. The van der Waals surface area contributed by atoms with Gasteiger partial charge in [-0.15, -0.1) is 0 Å². The largest absolute Gasteiger partial charge is 0.508 e. The van der Waals surface area contributed by atoms with Crippen LogP contribution in [0.2, 0.25) is 0 Å². The average Bonchev–Trinajstić information content (AvgIpc) is 3.94. The van der Waals surface area contributed by atoms with E-state index in [9.17, 15) is 44.1 Å². The Hall–Kier alpha value is -6.59. The predicted molar refractivity (Wildman–Crippen MR) is 214 cm³/mol. The molecule has 17 nitrogen and oxygen atoms in total. The number of nitrogens with zero attached hydrogens (tertiary/aromatic N) is 2. The van der Waals surface area contributed by atoms with Crippen molar-refractivity contribution in [2.24, 2.45) is 5.73 Å². The first-order valence-electron chi connectivity index (χ1n) is 19.3. The quantitative estimate of drug-likeness (QED) is 0.0614. The first-order chi connectivity index (χ1) is 28.3. The van der Waals surface area contributed by atoms with Gasteiger partial charge >= 0.3 is 5.97 Å². The lowest BCUT2D eigenvalue weighted by Crippen LogP contribution is -2.60. The summed E-state index contributed by atoms with van der Waals surface area (Å²) in [4.78, 5) is 89.9. The number of aromatic amines is 1. The smallest absolute Gasteiger partial charge is 0.326 e. The van der Waals surface area contributed by atoms with Crippen LogP contribution in [-0.4, -0.2) is 115 Å². The van der Waals surface area contributed by atoms with E-state index >= 15 is 0 Å². The summed E-state index contributed by atoms with van der Waals surface area (Å²) in [6.07, 6.45) is 2.27. The molecule has 2 heterocycles. The maximum Gasteiger partial charge on any atom is 0.326 e. The first-order valence-corrected chi connectivity index (χ1v) is 19.3. The Morgan fingerprint density at radius 2 is 1.27 bits per heavy atom. The van der Waals surface area contributed by atoms with Gasteiger partial charge in [0.05, 0.1) is 18.1 Å². The highest BCUT2D eigenvalue weighted by molar-refractivity contribution is 5.97. The third kappa shape index (κ3) is 12.4. The molecule has 0 aliphatic carbocycles. The van der Waals surface area contributed by atoms with Crippen molar-refractivity contribution in [1.82, 2.24) is 36.1 Å². The molecule has 0 unspecified atom stereocenters. The number of aromatic nitrogens is 2. The minimum absolute atomic E-state index is 0.00273. The lowest BCUT2D eigenvalue weighted by Gasteiger charge is -2.31. The number of hydrogen-bond donors (Lipinski definition) is 9. The number of aromatic hydroxyl groups is 1. The van der Waals surface area contributed by atoms with E-state index in [1.165, 1.54) is 30.3 Å². The number of phenols is 1. The van der Waals surface area contributed by atoms with Crippen LogP contribution in [0.5, 0.6) is 5.75 Å². The predicted octanol–water partition coefficient (Wildman–Crippen LogP) is 0.109. The molecule has 312 valence electrons. The summed E-state index contributed by atoms with van der Waals surface area (Å²) in [5, 5.41) is 40.4. The van der Waals surface area contributed by atoms with Gasteiger partial charge in [0, 0.05) is 38.4 Å². The van der Waals surface area contributed by atoms with Crippen LogP contribution < -0.4 is 27.0 Å². The van der Waals surface area contributed by atoms with E-state index in [1.807, 2.05) is 0 Å². The molecule has 17 heteroatoms. The summed E-state index contributed by atoms with van der Waals surface area (Å²) < 4.78 is 0. The maximum atomic E-state index is 14.5. The molecule has 1 aromatic heterocycles. The van der Waals surface area contributed by atoms with E-state index in [4.69, 9.17) is 5.73 Å². The topological polar surface area (TPSA) is 269 Å². The van der Waals surface area contributed by atoms with Crippen LogP contribution in [0.1, 0.15) is 42.1 Å². The zero-order valence-electron chi connectivity index (χ0n) is 32.5. The minimum atomic E-state index is -1.35. The molecule has 4 aromatic rings. The van der Waals surface area contributed by atoms with Crippen molar-refractivity contribution in [2.45, 2.75) is 87.8 Å². The van der Waals surface area contributed by atoms with Gasteiger partial charge in [-0.3, -0.25) is 24.0 Å². The van der Waals surface area contributed by atoms with Crippen LogP contribution in [-0.2, 0) is 54.5 Å². The molecule has 7 atom stereocenters. The molecule has 1 saturated heterocycles. The Labute approximate surface area is 340 Å². The number of carbonyl (C=O) groups is 6. The zero-order valence-corrected chi connectivity index (χ0v) is 32.5. The molecule has 0 saturated carbocycles. The summed E-state index contributed by atoms with van der Waals surface area (Å²) in [5.41, 5.74) is 8.25. The number of carboxylic acids is 1. The standard InChI is InChI=1S/C42H50N8O9/c1-25(51)36(43)40(56)47-31(19-28-14-16-30(52)17-15-28)37(53)48-33(20-26-9-4-2-5-10-26)41(57)50-18-8-13-35(50)39(55)46-32(22-29-23-44-24-45-29)38(54)49-34(42(58)59)21-27-11-6-3-7-12-27/h2-7,9-12,14-17,23-25,31-36,51-52H,8,13,18-22,43H2,1H3,(H,44,45)(H,46,55)(H,47,56)(H,48,53)(H,49,54)(H,58,59)/t25-,31+,32+,33+,34+,35+,36+/m1/s1. The number of phenolic OH excluding ortho intramolecular Hbond substituents is 1. The van der Waals surface area contributed by atoms with Gasteiger partial charge in [0.25, 0.3) is 0 Å². The second-order valence-electron chi connectivity index (χ2n) is 14.6. The van der Waals surface area contributed by atoms with Crippen molar-refractivity contribution >= 4 is 35.5 Å². The lowest BCUT2D eigenvalue weighted by molar-refractivity contribution is -0.143. The first kappa shape index (κ1) is 43.5. The van der Waals surface area contributed by atoms with Gasteiger partial charge in [-0.1, -0.05) is 72.8 Å². The molecule has 1 aliphatic rings. The number of likely N-dealkylation sites (tertiary alicyclic amines) is 1. The van der Waals surface area contributed by atoms with Crippen LogP contribution >= 0.6 is 0 Å². The fourth-order valence-electron chi connectivity index (χ4n) is 6.80. The molecule has 0 spiro atoms. The average molecular weight is 811 g/mol. The summed E-state index contributed by atoms with van der Waals surface area (Å²) >= 11 is 0. The number of hydrogen-bond acceptors (Lipinski definition) is 10. The molecule has 10 N–H and O–H groups in total. The molecular weight excluding hydrogens is 761 g/mol. The highest BCUT2D eigenvalue weighted by Gasteiger charge is 2.40. The highest BCUT2D eigenvalue weighted by Crippen LogP contribution is 2.21. The number of nitrogens with one attached hydrogen (secondary N) is 5. The molecule has 0 radical (unpaired) electrons. The van der Waals surface area contributed by atoms with Gasteiger partial charge in [0.1, 0.15) is 42.0 Å². The molecule has 3 aromatic carbocycles. The number of aliphatic carboxylic acids is 1. The Bertz CT molecular complexity index is 2030. The van der Waals surface area contributed by atoms with Crippen molar-refractivity contribution in [2.75, 3.05) is 6.54 Å². The van der Waals surface area contributed by atoms with Crippen LogP contribution in [0.15, 0.2) is 97.5 Å². The number of carbonyl (C=O) groups excluding carboxylic acids is 5. The monoisotopic (exact) mass is 810 g/mol. The van der Waals surface area contributed by atoms with Crippen LogP contribution in [0.4, 0.5) is 0 Å². The molecule has 59 heavy (non-hydrogen) atoms. The fourth-order valence-corrected chi connectivity index (χ4v) is 6.80. The van der Waals surface area contributed by atoms with E-state index in [-0.39, 0.29) is 44.4 Å². The van der Waals surface area contributed by atoms with E-state index < -0.39 is 77.9 Å². The van der Waals surface area contributed by atoms with E-state index in [0.717, 1.165) is 0 Å². The number of aliphatic hydroxyl groups is 1. The third-order valence-corrected chi connectivity index (χ3v) is 10.1. The SMILES string of the molecule is C[C@@H](O)[C@H](N)C(=O)N[C@@H](Cc1ccc(O)cc1)C(=O)N[C@@H](Cc1ccccc1)C(=O)N1CCC[C@H]1C(=O)N[C@@H](Cc1c[nH]cn1)C(=O)N[C@@H](Cc1ccccc1)C(=O)O. The number of rotatable bonds is 19. The molecule has 0 bridgehead atoms. The van der Waals surface area contributed by atoms with Crippen LogP contribution in [0.3, 0.4) is 0 Å². The molecule has 5 rings (SSSR count). The van der Waals surface area contributed by atoms with E-state index in [2.05, 4.69) is 31.2 Å². The van der Waals surface area contributed by atoms with Crippen molar-refractivity contribution in [3.05, 3.63) is 120 Å². The van der Waals surface area contributed by atoms with Gasteiger partial charge in [0.2, 0.25) is 29.5 Å². The number of carboxylic acid groups (broad SMARTS) is 1. The summed E-state index contributed by atoms with van der Waals surface area (Å²) in [6, 6.07) is 16.2. The number of H-pyrrole nitrogens is 1. The Morgan fingerprint density at radius 3 is 1.83 bits per heavy atom. The minimum Gasteiger partial charge on any atom is -0.508 e. The Kier molecular flexibility index (Phi) is 15.3. The number of imidazole rings is 1. The van der Waals surface area contributed by atoms with Crippen molar-refractivity contribution in [3.63, 3.8) is 0 Å². The van der Waals surface area contributed by atoms with Gasteiger partial charge in [-0.25, -0.2) is 9.78 Å². The summed E-state index contributed by atoms with van der Waals surface area (Å²) in [5.74, 6) is -4.81. The van der Waals surface area contributed by atoms with Crippen molar-refractivity contribution in [3.8, 4) is 5.75 Å². The molecule has 1 fully saturated rings. The van der Waals surface area contributed by atoms with Gasteiger partial charge < -0.3 is 52.2 Å². The lowest BCUT2D eigenvalue weighted by atomic mass is 10.0. The fraction of sp³-hybridized carbons (Fsp3) is 0.357. The zero-order chi connectivity index (χ0) is 42.5. The molecule has 1 aliphatic heterocycles. The Balaban J connectivity index is 1.36. The Morgan fingerprint density at radius 1 is 0.746 bits per heavy atom. The van der Waals surface area contributed by atoms with Gasteiger partial charge in [-0.05, 0) is 48.6 Å². The van der Waals surface area contributed by atoms with Crippen LogP contribution in [0.25, 0.3) is 0 Å².